The van der Waals surface area contributed by atoms with Crippen molar-refractivity contribution in [3.8, 4) is 5.88 Å². The predicted molar refractivity (Wildman–Crippen MR) is 83.1 cm³/mol. The zero-order chi connectivity index (χ0) is 16.2. The SMILES string of the molecule is CC(C)(C)OC(=O)N1CCCCC1COc1ccnc(Cl)n1. The van der Waals surface area contributed by atoms with Gasteiger partial charge in [-0.1, -0.05) is 0 Å². The molecule has 0 saturated carbocycles. The van der Waals surface area contributed by atoms with Gasteiger partial charge in [0.15, 0.2) is 0 Å². The molecule has 1 unspecified atom stereocenters. The molecule has 1 fully saturated rings. The minimum atomic E-state index is -0.500. The summed E-state index contributed by atoms with van der Waals surface area (Å²) in [6.07, 6.45) is 4.18. The average molecular weight is 328 g/mol. The third-order valence-corrected chi connectivity index (χ3v) is 3.46. The number of nitrogens with zero attached hydrogens (tertiary/aromatic N) is 3. The van der Waals surface area contributed by atoms with Crippen molar-refractivity contribution in [2.45, 2.75) is 51.7 Å². The van der Waals surface area contributed by atoms with Gasteiger partial charge in [0.1, 0.15) is 12.2 Å². The summed E-state index contributed by atoms with van der Waals surface area (Å²) in [5.74, 6) is 0.412. The molecule has 1 saturated heterocycles. The van der Waals surface area contributed by atoms with Crippen LogP contribution < -0.4 is 4.74 Å². The number of carbonyl (C=O) groups is 1. The second-order valence-corrected chi connectivity index (χ2v) is 6.64. The Balaban J connectivity index is 1.96. The standard InChI is InChI=1S/C15H22ClN3O3/c1-15(2,3)22-14(20)19-9-5-4-6-11(19)10-21-12-7-8-17-13(16)18-12/h7-8,11H,4-6,9-10H2,1-3H3. The molecule has 0 aliphatic carbocycles. The minimum absolute atomic E-state index is 0.0164. The lowest BCUT2D eigenvalue weighted by molar-refractivity contribution is 0.00334. The maximum atomic E-state index is 12.3. The van der Waals surface area contributed by atoms with Gasteiger partial charge < -0.3 is 14.4 Å². The van der Waals surface area contributed by atoms with Crippen LogP contribution in [0, 0.1) is 0 Å². The number of amides is 1. The van der Waals surface area contributed by atoms with E-state index in [0.717, 1.165) is 19.3 Å². The number of hydrogen-bond acceptors (Lipinski definition) is 5. The Kier molecular flexibility index (Phi) is 5.45. The zero-order valence-corrected chi connectivity index (χ0v) is 14.0. The molecule has 0 N–H and O–H groups in total. The van der Waals surface area contributed by atoms with Gasteiger partial charge in [-0.05, 0) is 51.6 Å². The summed E-state index contributed by atoms with van der Waals surface area (Å²) in [7, 11) is 0. The molecule has 2 heterocycles. The topological polar surface area (TPSA) is 64.5 Å². The van der Waals surface area contributed by atoms with Crippen molar-refractivity contribution >= 4 is 17.7 Å². The Morgan fingerprint density at radius 2 is 2.23 bits per heavy atom. The van der Waals surface area contributed by atoms with E-state index in [1.165, 1.54) is 6.20 Å². The van der Waals surface area contributed by atoms with Crippen LogP contribution in [0.3, 0.4) is 0 Å². The monoisotopic (exact) mass is 327 g/mol. The Bertz CT molecular complexity index is 519. The number of carbonyl (C=O) groups excluding carboxylic acids is 1. The van der Waals surface area contributed by atoms with Crippen LogP contribution in [0.15, 0.2) is 12.3 Å². The van der Waals surface area contributed by atoms with Gasteiger partial charge in [-0.15, -0.1) is 0 Å². The van der Waals surface area contributed by atoms with Gasteiger partial charge in [0.05, 0.1) is 6.04 Å². The van der Waals surface area contributed by atoms with Gasteiger partial charge in [0.2, 0.25) is 11.2 Å². The molecule has 1 amide bonds. The lowest BCUT2D eigenvalue weighted by Gasteiger charge is -2.36. The van der Waals surface area contributed by atoms with Gasteiger partial charge in [-0.25, -0.2) is 9.78 Å². The lowest BCUT2D eigenvalue weighted by atomic mass is 10.0. The van der Waals surface area contributed by atoms with Crippen molar-refractivity contribution in [3.05, 3.63) is 17.5 Å². The van der Waals surface area contributed by atoms with E-state index < -0.39 is 5.60 Å². The smallest absolute Gasteiger partial charge is 0.410 e. The lowest BCUT2D eigenvalue weighted by Crippen LogP contribution is -2.48. The van der Waals surface area contributed by atoms with Crippen molar-refractivity contribution in [2.75, 3.05) is 13.2 Å². The summed E-state index contributed by atoms with van der Waals surface area (Å²) in [4.78, 5) is 21.8. The van der Waals surface area contributed by atoms with Crippen LogP contribution >= 0.6 is 11.6 Å². The number of likely N-dealkylation sites (tertiary alicyclic amines) is 1. The quantitative estimate of drug-likeness (QED) is 0.797. The summed E-state index contributed by atoms with van der Waals surface area (Å²) >= 11 is 5.73. The maximum absolute atomic E-state index is 12.3. The van der Waals surface area contributed by atoms with Crippen LogP contribution in [0.1, 0.15) is 40.0 Å². The van der Waals surface area contributed by atoms with Crippen LogP contribution in [0.25, 0.3) is 0 Å². The number of hydrogen-bond donors (Lipinski definition) is 0. The second kappa shape index (κ2) is 7.13. The van der Waals surface area contributed by atoms with Gasteiger partial charge in [0.25, 0.3) is 0 Å². The van der Waals surface area contributed by atoms with Gasteiger partial charge in [0, 0.05) is 18.8 Å². The van der Waals surface area contributed by atoms with E-state index >= 15 is 0 Å². The highest BCUT2D eigenvalue weighted by molar-refractivity contribution is 6.28. The number of aromatic nitrogens is 2. The summed E-state index contributed by atoms with van der Waals surface area (Å²) in [5.41, 5.74) is -0.500. The normalized spacial score (nSPS) is 18.9. The highest BCUT2D eigenvalue weighted by Gasteiger charge is 2.30. The van der Waals surface area contributed by atoms with E-state index in [1.54, 1.807) is 11.0 Å². The second-order valence-electron chi connectivity index (χ2n) is 6.30. The van der Waals surface area contributed by atoms with Crippen molar-refractivity contribution in [1.29, 1.82) is 0 Å². The van der Waals surface area contributed by atoms with Crippen molar-refractivity contribution in [2.24, 2.45) is 0 Å². The van der Waals surface area contributed by atoms with E-state index in [0.29, 0.717) is 19.0 Å². The molecule has 1 aliphatic heterocycles. The molecule has 0 spiro atoms. The molecule has 0 radical (unpaired) electrons. The molecule has 1 atom stereocenters. The van der Waals surface area contributed by atoms with Gasteiger partial charge in [-0.3, -0.25) is 0 Å². The number of halogens is 1. The molecular formula is C15H22ClN3O3. The summed E-state index contributed by atoms with van der Waals surface area (Å²) in [6.45, 7) is 6.65. The summed E-state index contributed by atoms with van der Waals surface area (Å²) < 4.78 is 11.1. The first kappa shape index (κ1) is 16.8. The Morgan fingerprint density at radius 1 is 1.45 bits per heavy atom. The molecule has 6 nitrogen and oxygen atoms in total. The van der Waals surface area contributed by atoms with E-state index in [9.17, 15) is 4.79 Å². The molecular weight excluding hydrogens is 306 g/mol. The third kappa shape index (κ3) is 5.02. The zero-order valence-electron chi connectivity index (χ0n) is 13.2. The van der Waals surface area contributed by atoms with Crippen LogP contribution in [0.4, 0.5) is 4.79 Å². The van der Waals surface area contributed by atoms with Crippen molar-refractivity contribution in [3.63, 3.8) is 0 Å². The fourth-order valence-corrected chi connectivity index (χ4v) is 2.46. The summed E-state index contributed by atoms with van der Waals surface area (Å²) in [6, 6.07) is 1.63. The maximum Gasteiger partial charge on any atom is 0.410 e. The molecule has 122 valence electrons. The van der Waals surface area contributed by atoms with E-state index in [-0.39, 0.29) is 17.4 Å². The first-order valence-corrected chi connectivity index (χ1v) is 7.84. The Hall–Kier alpha value is -1.56. The summed E-state index contributed by atoms with van der Waals surface area (Å²) in [5, 5.41) is 0.144. The molecule has 1 aromatic heterocycles. The number of ether oxygens (including phenoxy) is 2. The molecule has 1 aromatic rings. The molecule has 2 rings (SSSR count). The van der Waals surface area contributed by atoms with E-state index in [2.05, 4.69) is 9.97 Å². The predicted octanol–water partition coefficient (Wildman–Crippen LogP) is 3.30. The van der Waals surface area contributed by atoms with Crippen molar-refractivity contribution < 1.29 is 14.3 Å². The Labute approximate surface area is 135 Å². The fourth-order valence-electron chi connectivity index (χ4n) is 2.32. The van der Waals surface area contributed by atoms with Gasteiger partial charge >= 0.3 is 6.09 Å². The first-order valence-electron chi connectivity index (χ1n) is 7.46. The van der Waals surface area contributed by atoms with E-state index in [1.807, 2.05) is 20.8 Å². The van der Waals surface area contributed by atoms with Crippen LogP contribution in [0.2, 0.25) is 5.28 Å². The fraction of sp³-hybridized carbons (Fsp3) is 0.667. The highest BCUT2D eigenvalue weighted by Crippen LogP contribution is 2.21. The molecule has 7 heteroatoms. The first-order chi connectivity index (χ1) is 10.3. The molecule has 22 heavy (non-hydrogen) atoms. The van der Waals surface area contributed by atoms with Gasteiger partial charge in [-0.2, -0.15) is 4.98 Å². The van der Waals surface area contributed by atoms with E-state index in [4.69, 9.17) is 21.1 Å². The third-order valence-electron chi connectivity index (χ3n) is 3.28. The average Bonchev–Trinajstić information content (AvgIpc) is 2.44. The Morgan fingerprint density at radius 3 is 2.91 bits per heavy atom. The molecule has 0 aromatic carbocycles. The highest BCUT2D eigenvalue weighted by atomic mass is 35.5. The van der Waals surface area contributed by atoms with Crippen LogP contribution in [-0.2, 0) is 4.74 Å². The molecule has 0 bridgehead atoms. The minimum Gasteiger partial charge on any atom is -0.475 e. The van der Waals surface area contributed by atoms with Crippen LogP contribution in [0.5, 0.6) is 5.88 Å². The van der Waals surface area contributed by atoms with Crippen molar-refractivity contribution in [1.82, 2.24) is 14.9 Å². The number of rotatable bonds is 3. The largest absolute Gasteiger partial charge is 0.475 e. The molecule has 1 aliphatic rings. The van der Waals surface area contributed by atoms with Crippen LogP contribution in [-0.4, -0.2) is 45.8 Å². The number of piperidine rings is 1.